The van der Waals surface area contributed by atoms with Crippen LogP contribution in [0.5, 0.6) is 0 Å². The number of pyridine rings is 1. The third kappa shape index (κ3) is 1.49. The summed E-state index contributed by atoms with van der Waals surface area (Å²) in [5.74, 6) is -0.0353. The molecule has 2 rings (SSSR count). The minimum absolute atomic E-state index is 0.0353. The van der Waals surface area contributed by atoms with Crippen molar-refractivity contribution in [2.24, 2.45) is 0 Å². The van der Waals surface area contributed by atoms with Gasteiger partial charge < -0.3 is 0 Å². The van der Waals surface area contributed by atoms with Gasteiger partial charge in [0.1, 0.15) is 5.69 Å². The number of benzene rings is 1. The van der Waals surface area contributed by atoms with Gasteiger partial charge in [-0.2, -0.15) is 0 Å². The normalized spacial score (nSPS) is 10.4. The third-order valence-electron chi connectivity index (χ3n) is 2.04. The molecule has 0 N–H and O–H groups in total. The zero-order valence-electron chi connectivity index (χ0n) is 7.62. The van der Waals surface area contributed by atoms with Crippen LogP contribution in [0.1, 0.15) is 17.4 Å². The van der Waals surface area contributed by atoms with Crippen molar-refractivity contribution in [2.45, 2.75) is 6.92 Å². The first kappa shape index (κ1) is 9.16. The maximum Gasteiger partial charge on any atom is 0.178 e. The molecule has 0 atom stereocenters. The molecule has 1 heterocycles. The topological polar surface area (TPSA) is 30.0 Å². The van der Waals surface area contributed by atoms with Crippen LogP contribution >= 0.6 is 11.6 Å². The van der Waals surface area contributed by atoms with Crippen LogP contribution in [0, 0.1) is 0 Å². The number of carbonyl (C=O) groups excluding carboxylic acids is 1. The van der Waals surface area contributed by atoms with E-state index >= 15 is 0 Å². The Morgan fingerprint density at radius 3 is 2.79 bits per heavy atom. The lowest BCUT2D eigenvalue weighted by atomic mass is 10.2. The molecule has 2 aromatic rings. The first-order chi connectivity index (χ1) is 6.68. The molecule has 0 unspecified atom stereocenters. The van der Waals surface area contributed by atoms with E-state index in [0.29, 0.717) is 10.7 Å². The van der Waals surface area contributed by atoms with Crippen molar-refractivity contribution >= 4 is 28.3 Å². The molecule has 0 amide bonds. The van der Waals surface area contributed by atoms with Crippen molar-refractivity contribution in [1.82, 2.24) is 4.98 Å². The molecule has 0 aliphatic carbocycles. The summed E-state index contributed by atoms with van der Waals surface area (Å²) in [4.78, 5) is 15.3. The van der Waals surface area contributed by atoms with Crippen LogP contribution in [-0.4, -0.2) is 10.8 Å². The van der Waals surface area contributed by atoms with Crippen molar-refractivity contribution in [3.63, 3.8) is 0 Å². The van der Waals surface area contributed by atoms with E-state index in [1.807, 2.05) is 18.2 Å². The smallest absolute Gasteiger partial charge is 0.178 e. The van der Waals surface area contributed by atoms with E-state index in [4.69, 9.17) is 11.6 Å². The van der Waals surface area contributed by atoms with Gasteiger partial charge in [0.25, 0.3) is 0 Å². The highest BCUT2D eigenvalue weighted by Gasteiger charge is 2.03. The molecule has 70 valence electrons. The molecule has 0 fully saturated rings. The van der Waals surface area contributed by atoms with Crippen molar-refractivity contribution in [2.75, 3.05) is 0 Å². The average Bonchev–Trinajstić information content (AvgIpc) is 2.17. The number of rotatable bonds is 1. The summed E-state index contributed by atoms with van der Waals surface area (Å²) in [6.07, 6.45) is 0. The largest absolute Gasteiger partial charge is 0.293 e. The fraction of sp³-hybridized carbons (Fsp3) is 0.0909. The van der Waals surface area contributed by atoms with Gasteiger partial charge in [0.05, 0.1) is 5.52 Å². The van der Waals surface area contributed by atoms with Gasteiger partial charge >= 0.3 is 0 Å². The lowest BCUT2D eigenvalue weighted by Gasteiger charge is -2.00. The van der Waals surface area contributed by atoms with Crippen LogP contribution in [-0.2, 0) is 0 Å². The summed E-state index contributed by atoms with van der Waals surface area (Å²) in [6, 6.07) is 8.98. The van der Waals surface area contributed by atoms with Crippen LogP contribution < -0.4 is 0 Å². The van der Waals surface area contributed by atoms with Crippen LogP contribution in [0.15, 0.2) is 30.3 Å². The SMILES string of the molecule is CC(=O)c1ccc2c(Cl)cccc2n1. The highest BCUT2D eigenvalue weighted by atomic mass is 35.5. The number of halogens is 1. The van der Waals surface area contributed by atoms with Crippen LogP contribution in [0.3, 0.4) is 0 Å². The molecule has 0 bridgehead atoms. The van der Waals surface area contributed by atoms with Gasteiger partial charge in [-0.1, -0.05) is 17.7 Å². The first-order valence-electron chi connectivity index (χ1n) is 4.25. The molecule has 2 nitrogen and oxygen atoms in total. The molecular formula is C11H8ClNO. The molecule has 0 radical (unpaired) electrons. The number of carbonyl (C=O) groups is 1. The Hall–Kier alpha value is -1.41. The van der Waals surface area contributed by atoms with Crippen molar-refractivity contribution in [1.29, 1.82) is 0 Å². The van der Waals surface area contributed by atoms with Gasteiger partial charge in [-0.05, 0) is 24.3 Å². The average molecular weight is 206 g/mol. The Balaban J connectivity index is 2.73. The Morgan fingerprint density at radius 2 is 2.07 bits per heavy atom. The zero-order chi connectivity index (χ0) is 10.1. The summed E-state index contributed by atoms with van der Waals surface area (Å²) in [5.41, 5.74) is 1.23. The minimum atomic E-state index is -0.0353. The molecule has 1 aromatic carbocycles. The molecule has 1 aromatic heterocycles. The molecule has 0 saturated heterocycles. The lowest BCUT2D eigenvalue weighted by molar-refractivity contribution is 0.101. The Morgan fingerprint density at radius 1 is 1.29 bits per heavy atom. The van der Waals surface area contributed by atoms with Gasteiger partial charge in [0.15, 0.2) is 5.78 Å². The summed E-state index contributed by atoms with van der Waals surface area (Å²) in [7, 11) is 0. The van der Waals surface area contributed by atoms with Crippen molar-refractivity contribution in [3.8, 4) is 0 Å². The van der Waals surface area contributed by atoms with Crippen molar-refractivity contribution < 1.29 is 4.79 Å². The van der Waals surface area contributed by atoms with Gasteiger partial charge in [0, 0.05) is 17.3 Å². The molecular weight excluding hydrogens is 198 g/mol. The highest BCUT2D eigenvalue weighted by molar-refractivity contribution is 6.35. The van der Waals surface area contributed by atoms with Crippen LogP contribution in [0.25, 0.3) is 10.9 Å². The van der Waals surface area contributed by atoms with Gasteiger partial charge in [0.2, 0.25) is 0 Å². The number of nitrogens with zero attached hydrogens (tertiary/aromatic N) is 1. The van der Waals surface area contributed by atoms with E-state index in [2.05, 4.69) is 4.98 Å². The Labute approximate surface area is 86.5 Å². The number of ketones is 1. The quantitative estimate of drug-likeness (QED) is 0.670. The fourth-order valence-electron chi connectivity index (χ4n) is 1.31. The summed E-state index contributed by atoms with van der Waals surface area (Å²) < 4.78 is 0. The summed E-state index contributed by atoms with van der Waals surface area (Å²) >= 11 is 5.96. The second-order valence-corrected chi connectivity index (χ2v) is 3.47. The monoisotopic (exact) mass is 205 g/mol. The van der Waals surface area contributed by atoms with E-state index < -0.39 is 0 Å². The maximum absolute atomic E-state index is 11.1. The number of hydrogen-bond acceptors (Lipinski definition) is 2. The van der Waals surface area contributed by atoms with E-state index in [0.717, 1.165) is 10.9 Å². The number of fused-ring (bicyclic) bond motifs is 1. The molecule has 14 heavy (non-hydrogen) atoms. The summed E-state index contributed by atoms with van der Waals surface area (Å²) in [5, 5.41) is 1.53. The zero-order valence-corrected chi connectivity index (χ0v) is 8.38. The second-order valence-electron chi connectivity index (χ2n) is 3.06. The fourth-order valence-corrected chi connectivity index (χ4v) is 1.55. The van der Waals surface area contributed by atoms with Gasteiger partial charge in [-0.15, -0.1) is 0 Å². The molecule has 3 heteroatoms. The minimum Gasteiger partial charge on any atom is -0.293 e. The number of hydrogen-bond donors (Lipinski definition) is 0. The highest BCUT2D eigenvalue weighted by Crippen LogP contribution is 2.21. The predicted molar refractivity (Wildman–Crippen MR) is 56.8 cm³/mol. The van der Waals surface area contributed by atoms with Gasteiger partial charge in [-0.25, -0.2) is 4.98 Å². The third-order valence-corrected chi connectivity index (χ3v) is 2.37. The first-order valence-corrected chi connectivity index (χ1v) is 4.62. The van der Waals surface area contributed by atoms with Gasteiger partial charge in [-0.3, -0.25) is 4.79 Å². The maximum atomic E-state index is 11.1. The Bertz CT molecular complexity index is 508. The number of Topliss-reactive ketones (excluding diaryl/α,β-unsaturated/α-hetero) is 1. The van der Waals surface area contributed by atoms with Crippen LogP contribution in [0.4, 0.5) is 0 Å². The Kier molecular flexibility index (Phi) is 2.22. The molecule has 0 saturated carbocycles. The number of aromatic nitrogens is 1. The van der Waals surface area contributed by atoms with Crippen molar-refractivity contribution in [3.05, 3.63) is 41.0 Å². The molecule has 0 spiro atoms. The predicted octanol–water partition coefficient (Wildman–Crippen LogP) is 3.09. The van der Waals surface area contributed by atoms with E-state index in [9.17, 15) is 4.79 Å². The molecule has 0 aliphatic rings. The molecule has 0 aliphatic heterocycles. The van der Waals surface area contributed by atoms with E-state index in [1.54, 1.807) is 12.1 Å². The summed E-state index contributed by atoms with van der Waals surface area (Å²) in [6.45, 7) is 1.50. The van der Waals surface area contributed by atoms with E-state index in [1.165, 1.54) is 6.92 Å². The van der Waals surface area contributed by atoms with E-state index in [-0.39, 0.29) is 5.78 Å². The van der Waals surface area contributed by atoms with Crippen LogP contribution in [0.2, 0.25) is 5.02 Å². The standard InChI is InChI=1S/C11H8ClNO/c1-7(14)10-6-5-8-9(12)3-2-4-11(8)13-10/h2-6H,1H3. The second kappa shape index (κ2) is 3.39. The lowest BCUT2D eigenvalue weighted by Crippen LogP contribution is -1.96.